The highest BCUT2D eigenvalue weighted by molar-refractivity contribution is 7.09. The molecule has 16 heavy (non-hydrogen) atoms. The third kappa shape index (κ3) is 3.32. The minimum atomic E-state index is 0.174. The van der Waals surface area contributed by atoms with Crippen molar-refractivity contribution in [2.45, 2.75) is 44.2 Å². The fourth-order valence-corrected chi connectivity index (χ4v) is 2.71. The Hall–Kier alpha value is -0.870. The molecule has 4 heteroatoms. The maximum Gasteiger partial charge on any atom is 0.220 e. The maximum atomic E-state index is 11.5. The highest BCUT2D eigenvalue weighted by atomic mass is 32.1. The van der Waals surface area contributed by atoms with Crippen molar-refractivity contribution in [3.63, 3.8) is 0 Å². The summed E-state index contributed by atoms with van der Waals surface area (Å²) in [4.78, 5) is 12.9. The largest absolute Gasteiger partial charge is 0.353 e. The van der Waals surface area contributed by atoms with E-state index in [2.05, 4.69) is 22.8 Å². The molecule has 0 unspecified atom stereocenters. The Morgan fingerprint density at radius 3 is 3.00 bits per heavy atom. The van der Waals surface area contributed by atoms with Gasteiger partial charge in [0.1, 0.15) is 0 Å². The minimum absolute atomic E-state index is 0.174. The minimum Gasteiger partial charge on any atom is -0.353 e. The Bertz CT molecular complexity index is 331. The number of carbonyl (C=O) groups excluding carboxylic acids is 1. The number of thiophene rings is 1. The summed E-state index contributed by atoms with van der Waals surface area (Å²) in [5, 5.41) is 5.09. The van der Waals surface area contributed by atoms with Crippen molar-refractivity contribution in [2.75, 3.05) is 0 Å². The monoisotopic (exact) mass is 238 g/mol. The first-order valence-corrected chi connectivity index (χ1v) is 6.69. The molecule has 0 aromatic carbocycles. The molecule has 1 heterocycles. The first-order chi connectivity index (χ1) is 7.74. The number of hydrogen-bond acceptors (Lipinski definition) is 3. The zero-order valence-electron chi connectivity index (χ0n) is 9.32. The van der Waals surface area contributed by atoms with Crippen molar-refractivity contribution < 1.29 is 4.79 Å². The van der Waals surface area contributed by atoms with Crippen LogP contribution >= 0.6 is 11.3 Å². The first-order valence-electron chi connectivity index (χ1n) is 5.81. The zero-order chi connectivity index (χ0) is 11.4. The first kappa shape index (κ1) is 11.6. The number of nitrogens with one attached hydrogen (secondary N) is 1. The van der Waals surface area contributed by atoms with Gasteiger partial charge in [0.05, 0.1) is 0 Å². The molecule has 1 saturated carbocycles. The van der Waals surface area contributed by atoms with Gasteiger partial charge in [-0.25, -0.2) is 0 Å². The van der Waals surface area contributed by atoms with Gasteiger partial charge in [0.25, 0.3) is 0 Å². The number of aryl methyl sites for hydroxylation is 1. The lowest BCUT2D eigenvalue weighted by Crippen LogP contribution is -2.50. The second-order valence-corrected chi connectivity index (χ2v) is 5.46. The average Bonchev–Trinajstić information content (AvgIpc) is 2.68. The van der Waals surface area contributed by atoms with Gasteiger partial charge in [-0.1, -0.05) is 6.07 Å². The second-order valence-electron chi connectivity index (χ2n) is 4.43. The molecule has 1 aliphatic carbocycles. The van der Waals surface area contributed by atoms with E-state index in [1.807, 2.05) is 0 Å². The Labute approximate surface area is 100 Å². The van der Waals surface area contributed by atoms with E-state index in [0.717, 1.165) is 25.7 Å². The van der Waals surface area contributed by atoms with Gasteiger partial charge < -0.3 is 11.1 Å². The van der Waals surface area contributed by atoms with Crippen LogP contribution in [0.3, 0.4) is 0 Å². The van der Waals surface area contributed by atoms with Gasteiger partial charge in [0.15, 0.2) is 0 Å². The molecule has 0 aliphatic heterocycles. The molecule has 0 saturated heterocycles. The predicted molar refractivity (Wildman–Crippen MR) is 66.4 cm³/mol. The molecule has 0 spiro atoms. The van der Waals surface area contributed by atoms with E-state index in [4.69, 9.17) is 5.73 Å². The highest BCUT2D eigenvalue weighted by Crippen LogP contribution is 2.17. The lowest BCUT2D eigenvalue weighted by molar-refractivity contribution is -0.122. The van der Waals surface area contributed by atoms with E-state index >= 15 is 0 Å². The van der Waals surface area contributed by atoms with Crippen LogP contribution in [-0.4, -0.2) is 18.0 Å². The highest BCUT2D eigenvalue weighted by Gasteiger charge is 2.26. The Morgan fingerprint density at radius 2 is 2.38 bits per heavy atom. The average molecular weight is 238 g/mol. The van der Waals surface area contributed by atoms with Gasteiger partial charge in [0.2, 0.25) is 5.91 Å². The van der Waals surface area contributed by atoms with E-state index in [1.54, 1.807) is 11.3 Å². The van der Waals surface area contributed by atoms with Gasteiger partial charge in [0, 0.05) is 23.4 Å². The fourth-order valence-electron chi connectivity index (χ4n) is 1.96. The Morgan fingerprint density at radius 1 is 1.56 bits per heavy atom. The normalized spacial score (nSPS) is 23.8. The number of nitrogens with two attached hydrogens (primary N) is 1. The predicted octanol–water partition coefficient (Wildman–Crippen LogP) is 1.68. The van der Waals surface area contributed by atoms with Crippen molar-refractivity contribution in [1.82, 2.24) is 5.32 Å². The van der Waals surface area contributed by atoms with Gasteiger partial charge in [-0.05, 0) is 37.1 Å². The van der Waals surface area contributed by atoms with E-state index in [0.29, 0.717) is 18.5 Å². The van der Waals surface area contributed by atoms with Crippen LogP contribution in [-0.2, 0) is 11.2 Å². The maximum absolute atomic E-state index is 11.5. The number of rotatable bonds is 5. The molecule has 88 valence electrons. The Balaban J connectivity index is 1.57. The summed E-state index contributed by atoms with van der Waals surface area (Å²) >= 11 is 1.76. The van der Waals surface area contributed by atoms with E-state index < -0.39 is 0 Å². The number of hydrogen-bond donors (Lipinski definition) is 2. The summed E-state index contributed by atoms with van der Waals surface area (Å²) in [6.45, 7) is 0. The van der Waals surface area contributed by atoms with Crippen molar-refractivity contribution in [1.29, 1.82) is 0 Å². The summed E-state index contributed by atoms with van der Waals surface area (Å²) < 4.78 is 0. The standard InChI is InChI=1S/C12H18N2OS/c13-9-7-10(8-9)14-12(15)5-1-3-11-4-2-6-16-11/h2,4,6,9-10H,1,3,5,7-8,13H2,(H,14,15). The fraction of sp³-hybridized carbons (Fsp3) is 0.583. The van der Waals surface area contributed by atoms with Gasteiger partial charge in [-0.15, -0.1) is 11.3 Å². The molecule has 1 amide bonds. The summed E-state index contributed by atoms with van der Waals surface area (Å²) in [6, 6.07) is 4.81. The second kappa shape index (κ2) is 5.46. The zero-order valence-corrected chi connectivity index (χ0v) is 10.1. The van der Waals surface area contributed by atoms with E-state index in [1.165, 1.54) is 4.88 Å². The van der Waals surface area contributed by atoms with Gasteiger partial charge >= 0.3 is 0 Å². The van der Waals surface area contributed by atoms with Crippen molar-refractivity contribution in [2.24, 2.45) is 5.73 Å². The molecular formula is C12H18N2OS. The molecule has 2 rings (SSSR count). The van der Waals surface area contributed by atoms with Crippen LogP contribution < -0.4 is 11.1 Å². The molecule has 0 radical (unpaired) electrons. The molecule has 3 nitrogen and oxygen atoms in total. The lowest BCUT2D eigenvalue weighted by Gasteiger charge is -2.32. The quantitative estimate of drug-likeness (QED) is 0.820. The van der Waals surface area contributed by atoms with Crippen molar-refractivity contribution in [3.8, 4) is 0 Å². The van der Waals surface area contributed by atoms with Crippen LogP contribution in [0.25, 0.3) is 0 Å². The molecule has 0 atom stereocenters. The van der Waals surface area contributed by atoms with Crippen molar-refractivity contribution >= 4 is 17.2 Å². The molecule has 3 N–H and O–H groups in total. The van der Waals surface area contributed by atoms with Gasteiger partial charge in [-0.3, -0.25) is 4.79 Å². The van der Waals surface area contributed by atoms with Crippen LogP contribution in [0.1, 0.15) is 30.6 Å². The summed E-state index contributed by atoms with van der Waals surface area (Å²) in [7, 11) is 0. The molecular weight excluding hydrogens is 220 g/mol. The Kier molecular flexibility index (Phi) is 3.96. The summed E-state index contributed by atoms with van der Waals surface area (Å²) in [6.07, 6.45) is 4.46. The third-order valence-electron chi connectivity index (χ3n) is 2.95. The molecule has 1 aromatic rings. The van der Waals surface area contributed by atoms with Crippen LogP contribution in [0.15, 0.2) is 17.5 Å². The summed E-state index contributed by atoms with van der Waals surface area (Å²) in [5.41, 5.74) is 5.66. The van der Waals surface area contributed by atoms with E-state index in [9.17, 15) is 4.79 Å². The van der Waals surface area contributed by atoms with Crippen molar-refractivity contribution in [3.05, 3.63) is 22.4 Å². The smallest absolute Gasteiger partial charge is 0.220 e. The van der Waals surface area contributed by atoms with Crippen LogP contribution in [0.4, 0.5) is 0 Å². The van der Waals surface area contributed by atoms with Crippen LogP contribution in [0, 0.1) is 0 Å². The topological polar surface area (TPSA) is 55.1 Å². The van der Waals surface area contributed by atoms with Crippen LogP contribution in [0.2, 0.25) is 0 Å². The van der Waals surface area contributed by atoms with Crippen LogP contribution in [0.5, 0.6) is 0 Å². The molecule has 1 aliphatic rings. The number of amides is 1. The lowest BCUT2D eigenvalue weighted by atomic mass is 9.87. The molecule has 1 aromatic heterocycles. The molecule has 0 bridgehead atoms. The summed E-state index contributed by atoms with van der Waals surface area (Å²) in [5.74, 6) is 0.174. The van der Waals surface area contributed by atoms with E-state index in [-0.39, 0.29) is 5.91 Å². The van der Waals surface area contributed by atoms with Gasteiger partial charge in [-0.2, -0.15) is 0 Å². The third-order valence-corrected chi connectivity index (χ3v) is 3.88. The molecule has 1 fully saturated rings. The number of carbonyl (C=O) groups is 1. The SMILES string of the molecule is NC1CC(NC(=O)CCCc2cccs2)C1.